The molecule has 0 aliphatic heterocycles. The largest absolute Gasteiger partial charge is 0.490 e. The van der Waals surface area contributed by atoms with E-state index in [1.54, 1.807) is 26.0 Å². The van der Waals surface area contributed by atoms with Crippen molar-refractivity contribution >= 4 is 27.6 Å². The van der Waals surface area contributed by atoms with Gasteiger partial charge in [0.15, 0.2) is 0 Å². The number of carbonyl (C=O) groups is 1. The quantitative estimate of drug-likeness (QED) is 0.465. The fourth-order valence-electron chi connectivity index (χ4n) is 2.42. The summed E-state index contributed by atoms with van der Waals surface area (Å²) in [6, 6.07) is 13.1. The maximum absolute atomic E-state index is 12.6. The Labute approximate surface area is 164 Å². The monoisotopic (exact) mass is 411 g/mol. The Morgan fingerprint density at radius 3 is 2.33 bits per heavy atom. The van der Waals surface area contributed by atoms with Crippen LogP contribution >= 0.6 is 11.6 Å². The lowest BCUT2D eigenvalue weighted by molar-refractivity contribution is 0.0450. The fourth-order valence-corrected chi connectivity index (χ4v) is 4.10. The number of sulfonamides is 1. The zero-order valence-corrected chi connectivity index (χ0v) is 16.8. The van der Waals surface area contributed by atoms with Crippen LogP contribution in [-0.2, 0) is 14.8 Å². The molecule has 0 atom stereocenters. The number of para-hydroxylation sites is 1. The molecule has 2 rings (SSSR count). The van der Waals surface area contributed by atoms with Gasteiger partial charge >= 0.3 is 5.97 Å². The van der Waals surface area contributed by atoms with E-state index in [0.717, 1.165) is 0 Å². The Morgan fingerprint density at radius 1 is 1.04 bits per heavy atom. The minimum atomic E-state index is -3.69. The van der Waals surface area contributed by atoms with Crippen LogP contribution in [0.2, 0.25) is 5.02 Å². The molecule has 0 aliphatic carbocycles. The third-order valence-corrected chi connectivity index (χ3v) is 6.20. The first-order valence-electron chi connectivity index (χ1n) is 8.54. The summed E-state index contributed by atoms with van der Waals surface area (Å²) >= 11 is 6.06. The first-order valence-corrected chi connectivity index (χ1v) is 10.4. The zero-order valence-electron chi connectivity index (χ0n) is 15.2. The van der Waals surface area contributed by atoms with Gasteiger partial charge in [0.25, 0.3) is 0 Å². The molecule has 0 saturated carbocycles. The molecule has 146 valence electrons. The minimum absolute atomic E-state index is 0.00286. The van der Waals surface area contributed by atoms with E-state index in [9.17, 15) is 13.2 Å². The second kappa shape index (κ2) is 9.73. The molecule has 2 aromatic carbocycles. The average Bonchev–Trinajstić information content (AvgIpc) is 2.67. The Hall–Kier alpha value is -2.09. The van der Waals surface area contributed by atoms with Crippen molar-refractivity contribution in [1.82, 2.24) is 4.31 Å². The Balaban J connectivity index is 2.05. The first-order chi connectivity index (χ1) is 12.9. The molecule has 0 aromatic heterocycles. The number of hydrogen-bond acceptors (Lipinski definition) is 5. The van der Waals surface area contributed by atoms with Crippen molar-refractivity contribution in [1.29, 1.82) is 0 Å². The van der Waals surface area contributed by atoms with E-state index in [2.05, 4.69) is 0 Å². The molecule has 0 unspecified atom stereocenters. The Bertz CT molecular complexity index is 867. The van der Waals surface area contributed by atoms with Crippen LogP contribution in [-0.4, -0.2) is 45.0 Å². The maximum Gasteiger partial charge on any atom is 0.339 e. The van der Waals surface area contributed by atoms with E-state index >= 15 is 0 Å². The van der Waals surface area contributed by atoms with Gasteiger partial charge < -0.3 is 9.47 Å². The molecule has 0 saturated heterocycles. The van der Waals surface area contributed by atoms with E-state index in [-0.39, 0.29) is 28.7 Å². The number of hydrogen-bond donors (Lipinski definition) is 0. The number of rotatable bonds is 9. The predicted octanol–water partition coefficient (Wildman–Crippen LogP) is 3.61. The highest BCUT2D eigenvalue weighted by Gasteiger charge is 2.24. The summed E-state index contributed by atoms with van der Waals surface area (Å²) in [6.45, 7) is 4.34. The maximum atomic E-state index is 12.6. The second-order valence-electron chi connectivity index (χ2n) is 5.53. The van der Waals surface area contributed by atoms with Gasteiger partial charge in [0.1, 0.15) is 19.0 Å². The molecule has 0 aliphatic rings. The van der Waals surface area contributed by atoms with Gasteiger partial charge in [-0.2, -0.15) is 4.31 Å². The van der Waals surface area contributed by atoms with Crippen LogP contribution in [0.3, 0.4) is 0 Å². The van der Waals surface area contributed by atoms with Gasteiger partial charge in [-0.3, -0.25) is 0 Å². The molecule has 0 fully saturated rings. The van der Waals surface area contributed by atoms with Crippen LogP contribution in [0.4, 0.5) is 0 Å². The number of benzene rings is 2. The summed E-state index contributed by atoms with van der Waals surface area (Å²) in [4.78, 5) is 12.3. The summed E-state index contributed by atoms with van der Waals surface area (Å²) in [5, 5.41) is 0.127. The smallest absolute Gasteiger partial charge is 0.339 e. The van der Waals surface area contributed by atoms with Crippen molar-refractivity contribution in [2.45, 2.75) is 18.7 Å². The summed E-state index contributed by atoms with van der Waals surface area (Å²) in [7, 11) is -3.69. The summed E-state index contributed by atoms with van der Waals surface area (Å²) in [5.41, 5.74) is 0.00427. The van der Waals surface area contributed by atoms with Crippen molar-refractivity contribution in [2.75, 3.05) is 26.3 Å². The summed E-state index contributed by atoms with van der Waals surface area (Å²) in [6.07, 6.45) is 0. The highest BCUT2D eigenvalue weighted by molar-refractivity contribution is 7.89. The lowest BCUT2D eigenvalue weighted by Crippen LogP contribution is -2.30. The van der Waals surface area contributed by atoms with Gasteiger partial charge in [0, 0.05) is 13.1 Å². The average molecular weight is 412 g/mol. The lowest BCUT2D eigenvalue weighted by atomic mass is 10.2. The van der Waals surface area contributed by atoms with Gasteiger partial charge in [-0.05, 0) is 30.3 Å². The van der Waals surface area contributed by atoms with Gasteiger partial charge in [-0.15, -0.1) is 0 Å². The third kappa shape index (κ3) is 5.45. The molecule has 0 bridgehead atoms. The van der Waals surface area contributed by atoms with Crippen molar-refractivity contribution < 1.29 is 22.7 Å². The molecule has 0 spiro atoms. The molecular weight excluding hydrogens is 390 g/mol. The highest BCUT2D eigenvalue weighted by Crippen LogP contribution is 2.23. The van der Waals surface area contributed by atoms with Crippen molar-refractivity contribution in [3.8, 4) is 5.75 Å². The lowest BCUT2D eigenvalue weighted by Gasteiger charge is -2.19. The Morgan fingerprint density at radius 2 is 1.70 bits per heavy atom. The molecule has 0 heterocycles. The van der Waals surface area contributed by atoms with Crippen molar-refractivity contribution in [2.24, 2.45) is 0 Å². The molecule has 0 N–H and O–H groups in total. The SMILES string of the molecule is CCN(CC)S(=O)(=O)c1ccc(Cl)c(C(=O)OCCOc2ccccc2)c1. The minimum Gasteiger partial charge on any atom is -0.490 e. The van der Waals surface area contributed by atoms with Crippen LogP contribution in [0.1, 0.15) is 24.2 Å². The van der Waals surface area contributed by atoms with Crippen LogP contribution in [0.25, 0.3) is 0 Å². The molecule has 6 nitrogen and oxygen atoms in total. The topological polar surface area (TPSA) is 72.9 Å². The number of ether oxygens (including phenoxy) is 2. The number of esters is 1. The molecule has 0 amide bonds. The van der Waals surface area contributed by atoms with Gasteiger partial charge in [0.05, 0.1) is 15.5 Å². The van der Waals surface area contributed by atoms with Gasteiger partial charge in [-0.1, -0.05) is 43.6 Å². The third-order valence-electron chi connectivity index (χ3n) is 3.83. The van der Waals surface area contributed by atoms with Crippen LogP contribution in [0.5, 0.6) is 5.75 Å². The molecule has 2 aromatic rings. The number of carbonyl (C=O) groups excluding carboxylic acids is 1. The van der Waals surface area contributed by atoms with Crippen LogP contribution in [0.15, 0.2) is 53.4 Å². The van der Waals surface area contributed by atoms with Crippen LogP contribution in [0, 0.1) is 0 Å². The molecule has 0 radical (unpaired) electrons. The molecule has 8 heteroatoms. The van der Waals surface area contributed by atoms with Crippen molar-refractivity contribution in [3.05, 3.63) is 59.1 Å². The second-order valence-corrected chi connectivity index (χ2v) is 7.87. The highest BCUT2D eigenvalue weighted by atomic mass is 35.5. The van der Waals surface area contributed by atoms with E-state index in [0.29, 0.717) is 18.8 Å². The fraction of sp³-hybridized carbons (Fsp3) is 0.316. The van der Waals surface area contributed by atoms with Crippen LogP contribution < -0.4 is 4.74 Å². The van der Waals surface area contributed by atoms with Gasteiger partial charge in [-0.25, -0.2) is 13.2 Å². The number of halogens is 1. The van der Waals surface area contributed by atoms with E-state index < -0.39 is 16.0 Å². The van der Waals surface area contributed by atoms with E-state index in [1.165, 1.54) is 22.5 Å². The first kappa shape index (κ1) is 21.2. The number of nitrogens with zero attached hydrogens (tertiary/aromatic N) is 1. The van der Waals surface area contributed by atoms with E-state index in [1.807, 2.05) is 18.2 Å². The predicted molar refractivity (Wildman–Crippen MR) is 104 cm³/mol. The standard InChI is InChI=1S/C19H22ClNO5S/c1-3-21(4-2)27(23,24)16-10-11-18(20)17(14-16)19(22)26-13-12-25-15-8-6-5-7-9-15/h5-11,14H,3-4,12-13H2,1-2H3. The summed E-state index contributed by atoms with van der Waals surface area (Å²) in [5.74, 6) is -0.0350. The van der Waals surface area contributed by atoms with Gasteiger partial charge in [0.2, 0.25) is 10.0 Å². The molecular formula is C19H22ClNO5S. The summed E-state index contributed by atoms with van der Waals surface area (Å²) < 4.78 is 37.1. The Kier molecular flexibility index (Phi) is 7.65. The van der Waals surface area contributed by atoms with E-state index in [4.69, 9.17) is 21.1 Å². The van der Waals surface area contributed by atoms with Crippen molar-refractivity contribution in [3.63, 3.8) is 0 Å². The zero-order chi connectivity index (χ0) is 19.9. The molecule has 27 heavy (non-hydrogen) atoms. The normalized spacial score (nSPS) is 11.4.